The molecule has 0 fully saturated rings. The summed E-state index contributed by atoms with van der Waals surface area (Å²) in [7, 11) is 0. The van der Waals surface area contributed by atoms with Crippen LogP contribution in [-0.2, 0) is 0 Å². The maximum atomic E-state index is 13.3. The number of nitrogens with zero attached hydrogens (tertiary/aromatic N) is 1. The summed E-state index contributed by atoms with van der Waals surface area (Å²) in [6.45, 7) is 1.81. The number of ether oxygens (including phenoxy) is 1. The van der Waals surface area contributed by atoms with Crippen LogP contribution in [-0.4, -0.2) is 0 Å². The summed E-state index contributed by atoms with van der Waals surface area (Å²) in [5, 5.41) is 8.79. The third kappa shape index (κ3) is 2.43. The van der Waals surface area contributed by atoms with Gasteiger partial charge in [0.15, 0.2) is 11.6 Å². The lowest BCUT2D eigenvalue weighted by Crippen LogP contribution is -1.89. The number of hydrogen-bond acceptors (Lipinski definition) is 2. The standard InChI is InChI=1S/C14H10FNO/c1-10-8-12(7-6-11(10)9-16)17-14-5-3-2-4-13(14)15/h2-8H,1H3. The fourth-order valence-electron chi connectivity index (χ4n) is 1.48. The Bertz CT molecular complexity index is 587. The zero-order chi connectivity index (χ0) is 12.3. The van der Waals surface area contributed by atoms with Gasteiger partial charge in [-0.25, -0.2) is 4.39 Å². The number of rotatable bonds is 2. The van der Waals surface area contributed by atoms with E-state index in [4.69, 9.17) is 10.00 Å². The molecule has 2 aromatic rings. The SMILES string of the molecule is Cc1cc(Oc2ccccc2F)ccc1C#N. The molecule has 0 saturated heterocycles. The summed E-state index contributed by atoms with van der Waals surface area (Å²) < 4.78 is 18.7. The highest BCUT2D eigenvalue weighted by Crippen LogP contribution is 2.25. The number of para-hydroxylation sites is 1. The lowest BCUT2D eigenvalue weighted by atomic mass is 10.1. The Morgan fingerprint density at radius 2 is 1.94 bits per heavy atom. The van der Waals surface area contributed by atoms with Crippen molar-refractivity contribution >= 4 is 0 Å². The number of hydrogen-bond donors (Lipinski definition) is 0. The fraction of sp³-hybridized carbons (Fsp3) is 0.0714. The van der Waals surface area contributed by atoms with Gasteiger partial charge in [0.1, 0.15) is 5.75 Å². The third-order valence-corrected chi connectivity index (χ3v) is 2.38. The van der Waals surface area contributed by atoms with Crippen molar-refractivity contribution in [3.05, 3.63) is 59.4 Å². The van der Waals surface area contributed by atoms with E-state index >= 15 is 0 Å². The first-order valence-electron chi connectivity index (χ1n) is 5.14. The molecule has 2 aromatic carbocycles. The second-order valence-electron chi connectivity index (χ2n) is 3.62. The van der Waals surface area contributed by atoms with Gasteiger partial charge < -0.3 is 4.74 Å². The molecule has 0 N–H and O–H groups in total. The van der Waals surface area contributed by atoms with E-state index < -0.39 is 5.82 Å². The van der Waals surface area contributed by atoms with E-state index in [0.29, 0.717) is 11.3 Å². The minimum absolute atomic E-state index is 0.177. The molecule has 0 aromatic heterocycles. The van der Waals surface area contributed by atoms with Gasteiger partial charge in [0.2, 0.25) is 0 Å². The first kappa shape index (κ1) is 11.2. The molecule has 0 bridgehead atoms. The van der Waals surface area contributed by atoms with Crippen LogP contribution in [0.3, 0.4) is 0 Å². The molecule has 0 radical (unpaired) electrons. The van der Waals surface area contributed by atoms with E-state index in [1.807, 2.05) is 6.92 Å². The van der Waals surface area contributed by atoms with Crippen molar-refractivity contribution in [1.29, 1.82) is 5.26 Å². The van der Waals surface area contributed by atoms with Crippen LogP contribution in [0.4, 0.5) is 4.39 Å². The van der Waals surface area contributed by atoms with Crippen LogP contribution in [0.25, 0.3) is 0 Å². The molecule has 0 aliphatic carbocycles. The summed E-state index contributed by atoms with van der Waals surface area (Å²) in [5.41, 5.74) is 1.40. The molecule has 0 heterocycles. The molecule has 0 spiro atoms. The Kier molecular flexibility index (Phi) is 3.06. The van der Waals surface area contributed by atoms with Gasteiger partial charge in [-0.1, -0.05) is 12.1 Å². The Hall–Kier alpha value is -2.34. The molecule has 0 unspecified atom stereocenters. The van der Waals surface area contributed by atoms with Gasteiger partial charge in [0, 0.05) is 0 Å². The average molecular weight is 227 g/mol. The van der Waals surface area contributed by atoms with E-state index in [1.54, 1.807) is 36.4 Å². The van der Waals surface area contributed by atoms with Gasteiger partial charge in [-0.2, -0.15) is 5.26 Å². The number of halogens is 1. The van der Waals surface area contributed by atoms with E-state index in [1.165, 1.54) is 6.07 Å². The maximum Gasteiger partial charge on any atom is 0.165 e. The summed E-state index contributed by atoms with van der Waals surface area (Å²) in [6, 6.07) is 13.3. The fourth-order valence-corrected chi connectivity index (χ4v) is 1.48. The van der Waals surface area contributed by atoms with Crippen LogP contribution < -0.4 is 4.74 Å². The zero-order valence-electron chi connectivity index (χ0n) is 9.27. The summed E-state index contributed by atoms with van der Waals surface area (Å²) >= 11 is 0. The van der Waals surface area contributed by atoms with Crippen molar-refractivity contribution in [2.24, 2.45) is 0 Å². The topological polar surface area (TPSA) is 33.0 Å². The molecule has 0 amide bonds. The molecule has 2 rings (SSSR count). The number of benzene rings is 2. The van der Waals surface area contributed by atoms with Gasteiger partial charge in [-0.05, 0) is 42.8 Å². The zero-order valence-corrected chi connectivity index (χ0v) is 9.27. The second-order valence-corrected chi connectivity index (χ2v) is 3.62. The first-order chi connectivity index (χ1) is 8.20. The van der Waals surface area contributed by atoms with Crippen LogP contribution in [0.5, 0.6) is 11.5 Å². The molecule has 3 heteroatoms. The Labute approximate surface area is 98.9 Å². The highest BCUT2D eigenvalue weighted by molar-refractivity contribution is 5.43. The van der Waals surface area contributed by atoms with E-state index in [-0.39, 0.29) is 5.75 Å². The molecule has 0 saturated carbocycles. The predicted molar refractivity (Wildman–Crippen MR) is 62.4 cm³/mol. The van der Waals surface area contributed by atoms with Crippen molar-refractivity contribution < 1.29 is 9.13 Å². The quantitative estimate of drug-likeness (QED) is 0.781. The van der Waals surface area contributed by atoms with Crippen LogP contribution in [0.2, 0.25) is 0 Å². The lowest BCUT2D eigenvalue weighted by molar-refractivity contribution is 0.442. The summed E-state index contributed by atoms with van der Waals surface area (Å²) in [4.78, 5) is 0. The largest absolute Gasteiger partial charge is 0.454 e. The monoisotopic (exact) mass is 227 g/mol. The van der Waals surface area contributed by atoms with Gasteiger partial charge in [-0.3, -0.25) is 0 Å². The van der Waals surface area contributed by atoms with Crippen molar-refractivity contribution in [2.45, 2.75) is 6.92 Å². The average Bonchev–Trinajstić information content (AvgIpc) is 2.32. The van der Waals surface area contributed by atoms with Crippen LogP contribution in [0.15, 0.2) is 42.5 Å². The van der Waals surface area contributed by atoms with Gasteiger partial charge in [0.25, 0.3) is 0 Å². The highest BCUT2D eigenvalue weighted by atomic mass is 19.1. The summed E-state index contributed by atoms with van der Waals surface area (Å²) in [5.74, 6) is 0.290. The smallest absolute Gasteiger partial charge is 0.165 e. The van der Waals surface area contributed by atoms with Gasteiger partial charge in [-0.15, -0.1) is 0 Å². The van der Waals surface area contributed by atoms with E-state index in [2.05, 4.69) is 6.07 Å². The molecule has 0 aliphatic rings. The Balaban J connectivity index is 2.29. The molecule has 17 heavy (non-hydrogen) atoms. The van der Waals surface area contributed by atoms with Crippen molar-refractivity contribution in [1.82, 2.24) is 0 Å². The van der Waals surface area contributed by atoms with Crippen molar-refractivity contribution in [3.8, 4) is 17.6 Å². The van der Waals surface area contributed by atoms with Gasteiger partial charge >= 0.3 is 0 Å². The van der Waals surface area contributed by atoms with E-state index in [0.717, 1.165) is 5.56 Å². The lowest BCUT2D eigenvalue weighted by Gasteiger charge is -2.07. The molecular weight excluding hydrogens is 217 g/mol. The van der Waals surface area contributed by atoms with Crippen molar-refractivity contribution in [3.63, 3.8) is 0 Å². The molecule has 84 valence electrons. The molecule has 0 aliphatic heterocycles. The molecule has 2 nitrogen and oxygen atoms in total. The second kappa shape index (κ2) is 4.67. The van der Waals surface area contributed by atoms with Crippen LogP contribution in [0.1, 0.15) is 11.1 Å². The van der Waals surface area contributed by atoms with E-state index in [9.17, 15) is 4.39 Å². The normalized spacial score (nSPS) is 9.71. The van der Waals surface area contributed by atoms with Crippen LogP contribution >= 0.6 is 0 Å². The highest BCUT2D eigenvalue weighted by Gasteiger charge is 2.05. The maximum absolute atomic E-state index is 13.3. The number of aryl methyl sites for hydroxylation is 1. The first-order valence-corrected chi connectivity index (χ1v) is 5.14. The molecule has 0 atom stereocenters. The Morgan fingerprint density at radius 3 is 2.59 bits per heavy atom. The Morgan fingerprint density at radius 1 is 1.18 bits per heavy atom. The third-order valence-electron chi connectivity index (χ3n) is 2.38. The molecular formula is C14H10FNO. The van der Waals surface area contributed by atoms with Crippen LogP contribution in [0, 0.1) is 24.1 Å². The minimum Gasteiger partial charge on any atom is -0.454 e. The predicted octanol–water partition coefficient (Wildman–Crippen LogP) is 3.80. The minimum atomic E-state index is -0.408. The number of nitriles is 1. The van der Waals surface area contributed by atoms with Gasteiger partial charge in [0.05, 0.1) is 11.6 Å². The van der Waals surface area contributed by atoms with Crippen molar-refractivity contribution in [2.75, 3.05) is 0 Å². The summed E-state index contributed by atoms with van der Waals surface area (Å²) in [6.07, 6.45) is 0.